The van der Waals surface area contributed by atoms with Crippen molar-refractivity contribution in [2.45, 2.75) is 18.8 Å². The summed E-state index contributed by atoms with van der Waals surface area (Å²) in [6.45, 7) is 2.01. The molecule has 0 aliphatic carbocycles. The first-order chi connectivity index (χ1) is 6.29. The molecule has 1 atom stereocenters. The first kappa shape index (κ1) is 8.50. The molecule has 1 unspecified atom stereocenters. The lowest BCUT2D eigenvalue weighted by atomic mass is 9.99. The maximum Gasteiger partial charge on any atom is 0.343 e. The topological polar surface area (TPSA) is 62.7 Å². The second-order valence-electron chi connectivity index (χ2n) is 3.49. The Balaban J connectivity index is 2.23. The number of rotatable bonds is 1. The zero-order valence-corrected chi connectivity index (χ0v) is 7.71. The standard InChI is InChI=1S/C8H14N4O/c1-12-7(10-11-8(12)13)6-3-2-4-9-5-6/h6,9H,2-5H2,1H3,(H,11,13). The number of piperidine rings is 1. The summed E-state index contributed by atoms with van der Waals surface area (Å²) >= 11 is 0. The average molecular weight is 182 g/mol. The maximum absolute atomic E-state index is 11.1. The lowest BCUT2D eigenvalue weighted by Gasteiger charge is -2.21. The Bertz CT molecular complexity index is 334. The molecule has 2 heterocycles. The summed E-state index contributed by atoms with van der Waals surface area (Å²) < 4.78 is 1.59. The van der Waals surface area contributed by atoms with Gasteiger partial charge in [-0.05, 0) is 19.4 Å². The van der Waals surface area contributed by atoms with Gasteiger partial charge in [-0.15, -0.1) is 0 Å². The van der Waals surface area contributed by atoms with E-state index in [2.05, 4.69) is 15.5 Å². The fraction of sp³-hybridized carbons (Fsp3) is 0.750. The van der Waals surface area contributed by atoms with Crippen molar-refractivity contribution in [1.29, 1.82) is 0 Å². The van der Waals surface area contributed by atoms with Gasteiger partial charge in [-0.2, -0.15) is 5.10 Å². The van der Waals surface area contributed by atoms with Gasteiger partial charge in [0.1, 0.15) is 5.82 Å². The van der Waals surface area contributed by atoms with Gasteiger partial charge in [-0.25, -0.2) is 9.89 Å². The van der Waals surface area contributed by atoms with Crippen LogP contribution in [-0.2, 0) is 7.05 Å². The lowest BCUT2D eigenvalue weighted by Crippen LogP contribution is -2.30. The molecule has 13 heavy (non-hydrogen) atoms. The number of hydrogen-bond donors (Lipinski definition) is 2. The molecule has 1 saturated heterocycles. The molecule has 5 nitrogen and oxygen atoms in total. The van der Waals surface area contributed by atoms with E-state index >= 15 is 0 Å². The van der Waals surface area contributed by atoms with Crippen LogP contribution in [0.3, 0.4) is 0 Å². The van der Waals surface area contributed by atoms with Gasteiger partial charge in [-0.3, -0.25) is 4.57 Å². The summed E-state index contributed by atoms with van der Waals surface area (Å²) in [5, 5.41) is 9.79. The number of nitrogens with zero attached hydrogens (tertiary/aromatic N) is 2. The van der Waals surface area contributed by atoms with Crippen molar-refractivity contribution in [3.8, 4) is 0 Å². The highest BCUT2D eigenvalue weighted by atomic mass is 16.1. The molecule has 2 N–H and O–H groups in total. The quantitative estimate of drug-likeness (QED) is 0.620. The normalized spacial score (nSPS) is 23.3. The number of nitrogens with one attached hydrogen (secondary N) is 2. The lowest BCUT2D eigenvalue weighted by molar-refractivity contribution is 0.437. The fourth-order valence-corrected chi connectivity index (χ4v) is 1.80. The predicted octanol–water partition coefficient (Wildman–Crippen LogP) is -0.425. The molecule has 2 rings (SSSR count). The molecular weight excluding hydrogens is 168 g/mol. The Morgan fingerprint density at radius 2 is 2.46 bits per heavy atom. The Hall–Kier alpha value is -1.10. The minimum Gasteiger partial charge on any atom is -0.316 e. The highest BCUT2D eigenvalue weighted by Crippen LogP contribution is 2.19. The van der Waals surface area contributed by atoms with Gasteiger partial charge in [-0.1, -0.05) is 0 Å². The summed E-state index contributed by atoms with van der Waals surface area (Å²) in [6.07, 6.45) is 2.27. The van der Waals surface area contributed by atoms with Crippen molar-refractivity contribution in [1.82, 2.24) is 20.1 Å². The first-order valence-electron chi connectivity index (χ1n) is 4.61. The van der Waals surface area contributed by atoms with E-state index in [1.807, 2.05) is 0 Å². The Morgan fingerprint density at radius 3 is 3.00 bits per heavy atom. The number of aromatic amines is 1. The molecule has 0 saturated carbocycles. The van der Waals surface area contributed by atoms with Crippen LogP contribution in [0, 0.1) is 0 Å². The van der Waals surface area contributed by atoms with Gasteiger partial charge >= 0.3 is 5.69 Å². The van der Waals surface area contributed by atoms with E-state index in [0.717, 1.165) is 31.8 Å². The van der Waals surface area contributed by atoms with Crippen molar-refractivity contribution in [3.63, 3.8) is 0 Å². The minimum absolute atomic E-state index is 0.124. The van der Waals surface area contributed by atoms with Crippen molar-refractivity contribution >= 4 is 0 Å². The van der Waals surface area contributed by atoms with Crippen LogP contribution >= 0.6 is 0 Å². The zero-order chi connectivity index (χ0) is 9.26. The van der Waals surface area contributed by atoms with Crippen LogP contribution in [0.4, 0.5) is 0 Å². The largest absolute Gasteiger partial charge is 0.343 e. The summed E-state index contributed by atoms with van der Waals surface area (Å²) in [5.41, 5.74) is -0.124. The van der Waals surface area contributed by atoms with E-state index in [-0.39, 0.29) is 5.69 Å². The third-order valence-corrected chi connectivity index (χ3v) is 2.58. The summed E-state index contributed by atoms with van der Waals surface area (Å²) in [5.74, 6) is 1.26. The summed E-state index contributed by atoms with van der Waals surface area (Å²) in [6, 6.07) is 0. The number of H-pyrrole nitrogens is 1. The molecular formula is C8H14N4O. The van der Waals surface area contributed by atoms with Crippen molar-refractivity contribution in [2.75, 3.05) is 13.1 Å². The van der Waals surface area contributed by atoms with E-state index in [4.69, 9.17) is 0 Å². The van der Waals surface area contributed by atoms with Crippen LogP contribution in [0.5, 0.6) is 0 Å². The minimum atomic E-state index is -0.124. The van der Waals surface area contributed by atoms with Gasteiger partial charge in [0.25, 0.3) is 0 Å². The van der Waals surface area contributed by atoms with Crippen molar-refractivity contribution < 1.29 is 0 Å². The molecule has 1 aliphatic heterocycles. The number of aromatic nitrogens is 3. The number of hydrogen-bond acceptors (Lipinski definition) is 3. The monoisotopic (exact) mass is 182 g/mol. The first-order valence-corrected chi connectivity index (χ1v) is 4.61. The summed E-state index contributed by atoms with van der Waals surface area (Å²) in [4.78, 5) is 11.1. The maximum atomic E-state index is 11.1. The van der Waals surface area contributed by atoms with Crippen LogP contribution in [0.2, 0.25) is 0 Å². The molecule has 72 valence electrons. The molecule has 0 aromatic carbocycles. The van der Waals surface area contributed by atoms with Crippen LogP contribution in [-0.4, -0.2) is 27.9 Å². The molecule has 0 spiro atoms. The van der Waals surface area contributed by atoms with Crippen LogP contribution in [0.25, 0.3) is 0 Å². The molecule has 0 amide bonds. The smallest absolute Gasteiger partial charge is 0.316 e. The molecule has 1 aliphatic rings. The Kier molecular flexibility index (Phi) is 2.18. The van der Waals surface area contributed by atoms with Gasteiger partial charge in [0, 0.05) is 19.5 Å². The van der Waals surface area contributed by atoms with Crippen LogP contribution in [0.1, 0.15) is 24.6 Å². The SMILES string of the molecule is Cn1c(C2CCCNC2)n[nH]c1=O. The molecule has 1 aromatic rings. The van der Waals surface area contributed by atoms with Crippen molar-refractivity contribution in [3.05, 3.63) is 16.3 Å². The van der Waals surface area contributed by atoms with Crippen LogP contribution < -0.4 is 11.0 Å². The van der Waals surface area contributed by atoms with Gasteiger partial charge in [0.15, 0.2) is 0 Å². The average Bonchev–Trinajstić information content (AvgIpc) is 2.49. The fourth-order valence-electron chi connectivity index (χ4n) is 1.80. The van der Waals surface area contributed by atoms with E-state index in [0.29, 0.717) is 5.92 Å². The van der Waals surface area contributed by atoms with E-state index in [1.165, 1.54) is 0 Å². The van der Waals surface area contributed by atoms with Crippen molar-refractivity contribution in [2.24, 2.45) is 7.05 Å². The highest BCUT2D eigenvalue weighted by Gasteiger charge is 2.19. The van der Waals surface area contributed by atoms with E-state index in [9.17, 15) is 4.79 Å². The van der Waals surface area contributed by atoms with Gasteiger partial charge < -0.3 is 5.32 Å². The van der Waals surface area contributed by atoms with Crippen LogP contribution in [0.15, 0.2) is 4.79 Å². The summed E-state index contributed by atoms with van der Waals surface area (Å²) in [7, 11) is 1.76. The molecule has 1 aromatic heterocycles. The zero-order valence-electron chi connectivity index (χ0n) is 7.71. The third kappa shape index (κ3) is 1.51. The molecule has 5 heteroatoms. The predicted molar refractivity (Wildman–Crippen MR) is 48.7 cm³/mol. The van der Waals surface area contributed by atoms with E-state index < -0.39 is 0 Å². The Morgan fingerprint density at radius 1 is 1.62 bits per heavy atom. The molecule has 1 fully saturated rings. The Labute approximate surface area is 76.2 Å². The highest BCUT2D eigenvalue weighted by molar-refractivity contribution is 4.98. The second kappa shape index (κ2) is 3.33. The van der Waals surface area contributed by atoms with E-state index in [1.54, 1.807) is 11.6 Å². The second-order valence-corrected chi connectivity index (χ2v) is 3.49. The third-order valence-electron chi connectivity index (χ3n) is 2.58. The van der Waals surface area contributed by atoms with Gasteiger partial charge in [0.05, 0.1) is 0 Å². The molecule has 0 radical (unpaired) electrons. The van der Waals surface area contributed by atoms with Gasteiger partial charge in [0.2, 0.25) is 0 Å². The molecule has 0 bridgehead atoms.